The van der Waals surface area contributed by atoms with Crippen molar-refractivity contribution in [2.24, 2.45) is 13.0 Å². The van der Waals surface area contributed by atoms with E-state index in [0.717, 1.165) is 0 Å². The summed E-state index contributed by atoms with van der Waals surface area (Å²) in [7, 11) is 1.72. The number of hydrogen-bond acceptors (Lipinski definition) is 4. The highest BCUT2D eigenvalue weighted by Gasteiger charge is 2.34. The van der Waals surface area contributed by atoms with E-state index in [1.54, 1.807) is 18.4 Å². The van der Waals surface area contributed by atoms with Crippen molar-refractivity contribution in [2.45, 2.75) is 18.9 Å². The van der Waals surface area contributed by atoms with E-state index in [1.807, 2.05) is 11.4 Å². The van der Waals surface area contributed by atoms with E-state index in [0.29, 0.717) is 11.6 Å². The average molecular weight is 262 g/mol. The lowest BCUT2D eigenvalue weighted by atomic mass is 10.1. The fourth-order valence-corrected chi connectivity index (χ4v) is 2.90. The Morgan fingerprint density at radius 1 is 1.61 bits per heavy atom. The number of hydrogen-bond donors (Lipinski definition) is 1. The monoisotopic (exact) mass is 262 g/mol. The van der Waals surface area contributed by atoms with Gasteiger partial charge in [0.1, 0.15) is 5.69 Å². The van der Waals surface area contributed by atoms with E-state index in [9.17, 15) is 4.79 Å². The van der Waals surface area contributed by atoms with Gasteiger partial charge in [0.2, 0.25) is 0 Å². The normalized spacial score (nSPS) is 16.5. The molecular formula is C12H14N4OS. The summed E-state index contributed by atoms with van der Waals surface area (Å²) >= 11 is 1.69. The van der Waals surface area contributed by atoms with Crippen molar-refractivity contribution in [3.05, 3.63) is 34.3 Å². The molecule has 1 saturated carbocycles. The fourth-order valence-electron chi connectivity index (χ4n) is 2.03. The van der Waals surface area contributed by atoms with Crippen LogP contribution in [0, 0.1) is 5.92 Å². The van der Waals surface area contributed by atoms with E-state index < -0.39 is 0 Å². The average Bonchev–Trinajstić information content (AvgIpc) is 2.88. The van der Waals surface area contributed by atoms with Crippen molar-refractivity contribution in [3.63, 3.8) is 0 Å². The van der Waals surface area contributed by atoms with Gasteiger partial charge in [-0.15, -0.1) is 16.4 Å². The van der Waals surface area contributed by atoms with Crippen molar-refractivity contribution >= 4 is 17.2 Å². The molecule has 3 rings (SSSR count). The van der Waals surface area contributed by atoms with Crippen molar-refractivity contribution in [3.8, 4) is 0 Å². The van der Waals surface area contributed by atoms with Gasteiger partial charge in [0.25, 0.3) is 5.91 Å². The minimum Gasteiger partial charge on any atom is -0.343 e. The van der Waals surface area contributed by atoms with Gasteiger partial charge in [-0.05, 0) is 30.2 Å². The Hall–Kier alpha value is -1.69. The summed E-state index contributed by atoms with van der Waals surface area (Å²) in [5.74, 6) is 0.474. The first kappa shape index (κ1) is 11.4. The molecule has 0 aromatic carbocycles. The maximum Gasteiger partial charge on any atom is 0.271 e. The number of aryl methyl sites for hydroxylation is 1. The molecule has 5 nitrogen and oxygen atoms in total. The molecule has 2 heterocycles. The van der Waals surface area contributed by atoms with Gasteiger partial charge in [0, 0.05) is 11.9 Å². The Labute approximate surface area is 109 Å². The molecular weight excluding hydrogens is 248 g/mol. The van der Waals surface area contributed by atoms with Crippen LogP contribution in [0.4, 0.5) is 0 Å². The second-order valence-electron chi connectivity index (χ2n) is 4.55. The molecule has 1 fully saturated rings. The van der Waals surface area contributed by atoms with Crippen LogP contribution in [0.25, 0.3) is 0 Å². The molecule has 1 unspecified atom stereocenters. The van der Waals surface area contributed by atoms with Crippen LogP contribution in [0.1, 0.15) is 34.2 Å². The number of nitrogens with one attached hydrogen (secondary N) is 1. The van der Waals surface area contributed by atoms with Crippen LogP contribution in [0.3, 0.4) is 0 Å². The highest BCUT2D eigenvalue weighted by atomic mass is 32.1. The summed E-state index contributed by atoms with van der Waals surface area (Å²) in [6.07, 6.45) is 3.87. The van der Waals surface area contributed by atoms with Gasteiger partial charge in [-0.1, -0.05) is 11.3 Å². The summed E-state index contributed by atoms with van der Waals surface area (Å²) in [5.41, 5.74) is 0.497. The van der Waals surface area contributed by atoms with Crippen molar-refractivity contribution in [1.29, 1.82) is 0 Å². The lowest BCUT2D eigenvalue weighted by molar-refractivity contribution is 0.0923. The van der Waals surface area contributed by atoms with E-state index in [-0.39, 0.29) is 11.9 Å². The van der Waals surface area contributed by atoms with Gasteiger partial charge in [-0.25, -0.2) is 4.68 Å². The summed E-state index contributed by atoms with van der Waals surface area (Å²) in [6.45, 7) is 0. The molecule has 1 N–H and O–H groups in total. The number of carbonyl (C=O) groups is 1. The summed E-state index contributed by atoms with van der Waals surface area (Å²) in [5, 5.41) is 12.6. The number of rotatable bonds is 4. The van der Waals surface area contributed by atoms with Crippen molar-refractivity contribution in [1.82, 2.24) is 20.3 Å². The molecule has 1 aliphatic rings. The molecule has 2 aromatic rings. The third-order valence-electron chi connectivity index (χ3n) is 3.18. The zero-order valence-corrected chi connectivity index (χ0v) is 10.9. The van der Waals surface area contributed by atoms with Crippen LogP contribution in [-0.4, -0.2) is 20.9 Å². The maximum absolute atomic E-state index is 12.2. The largest absolute Gasteiger partial charge is 0.343 e. The lowest BCUT2D eigenvalue weighted by Crippen LogP contribution is -2.30. The Balaban J connectivity index is 1.78. The highest BCUT2D eigenvalue weighted by molar-refractivity contribution is 7.10. The summed E-state index contributed by atoms with van der Waals surface area (Å²) in [6, 6.07) is 4.23. The van der Waals surface area contributed by atoms with E-state index in [2.05, 4.69) is 21.7 Å². The molecule has 6 heteroatoms. The quantitative estimate of drug-likeness (QED) is 0.913. The smallest absolute Gasteiger partial charge is 0.271 e. The number of thiophene rings is 1. The van der Waals surface area contributed by atoms with Crippen molar-refractivity contribution in [2.75, 3.05) is 0 Å². The fraction of sp³-hybridized carbons (Fsp3) is 0.417. The van der Waals surface area contributed by atoms with Gasteiger partial charge >= 0.3 is 0 Å². The third-order valence-corrected chi connectivity index (χ3v) is 4.13. The van der Waals surface area contributed by atoms with Crippen LogP contribution in [-0.2, 0) is 7.05 Å². The number of nitrogens with zero attached hydrogens (tertiary/aromatic N) is 3. The molecule has 0 aliphatic heterocycles. The van der Waals surface area contributed by atoms with Crippen LogP contribution < -0.4 is 5.32 Å². The Bertz CT molecular complexity index is 544. The topological polar surface area (TPSA) is 59.8 Å². The summed E-state index contributed by atoms with van der Waals surface area (Å²) in [4.78, 5) is 13.4. The SMILES string of the molecule is Cn1nncc1C(=O)NC(c1cccs1)C1CC1. The molecule has 2 aromatic heterocycles. The second kappa shape index (κ2) is 4.53. The zero-order valence-electron chi connectivity index (χ0n) is 10.0. The van der Waals surface area contributed by atoms with Crippen LogP contribution in [0.2, 0.25) is 0 Å². The molecule has 1 aliphatic carbocycles. The Kier molecular flexibility index (Phi) is 2.87. The molecule has 18 heavy (non-hydrogen) atoms. The molecule has 1 amide bonds. The minimum absolute atomic E-state index is 0.104. The van der Waals surface area contributed by atoms with E-state index >= 15 is 0 Å². The summed E-state index contributed by atoms with van der Waals surface area (Å²) < 4.78 is 1.49. The van der Waals surface area contributed by atoms with Gasteiger partial charge in [0.15, 0.2) is 0 Å². The second-order valence-corrected chi connectivity index (χ2v) is 5.53. The van der Waals surface area contributed by atoms with Crippen molar-refractivity contribution < 1.29 is 4.79 Å². The molecule has 0 bridgehead atoms. The molecule has 0 saturated heterocycles. The maximum atomic E-state index is 12.2. The lowest BCUT2D eigenvalue weighted by Gasteiger charge is -2.16. The van der Waals surface area contributed by atoms with Crippen LogP contribution in [0.15, 0.2) is 23.7 Å². The van der Waals surface area contributed by atoms with Gasteiger partial charge in [-0.3, -0.25) is 4.79 Å². The van der Waals surface area contributed by atoms with Crippen LogP contribution >= 0.6 is 11.3 Å². The minimum atomic E-state index is -0.104. The predicted molar refractivity (Wildman–Crippen MR) is 68.3 cm³/mol. The molecule has 0 spiro atoms. The molecule has 1 atom stereocenters. The first-order valence-corrected chi connectivity index (χ1v) is 6.82. The zero-order chi connectivity index (χ0) is 12.5. The van der Waals surface area contributed by atoms with E-state index in [1.165, 1.54) is 28.6 Å². The molecule has 94 valence electrons. The first-order valence-electron chi connectivity index (χ1n) is 5.94. The number of amides is 1. The number of aromatic nitrogens is 3. The van der Waals surface area contributed by atoms with Gasteiger partial charge in [-0.2, -0.15) is 0 Å². The Morgan fingerprint density at radius 2 is 2.44 bits per heavy atom. The van der Waals surface area contributed by atoms with E-state index in [4.69, 9.17) is 0 Å². The van der Waals surface area contributed by atoms with Gasteiger partial charge < -0.3 is 5.32 Å². The van der Waals surface area contributed by atoms with Crippen LogP contribution in [0.5, 0.6) is 0 Å². The van der Waals surface area contributed by atoms with Gasteiger partial charge in [0.05, 0.1) is 12.2 Å². The molecule has 0 radical (unpaired) electrons. The predicted octanol–water partition coefficient (Wildman–Crippen LogP) is 1.76. The first-order chi connectivity index (χ1) is 8.75. The number of carbonyl (C=O) groups excluding carboxylic acids is 1. The third kappa shape index (κ3) is 2.15. The standard InChI is InChI=1S/C12H14N4OS/c1-16-9(7-13-15-16)12(17)14-11(8-4-5-8)10-3-2-6-18-10/h2-3,6-8,11H,4-5H2,1H3,(H,14,17). The highest BCUT2D eigenvalue weighted by Crippen LogP contribution is 2.42. The Morgan fingerprint density at radius 3 is 3.00 bits per heavy atom.